The van der Waals surface area contributed by atoms with Crippen molar-refractivity contribution < 1.29 is 19.5 Å². The Balaban J connectivity index is 1.99. The largest absolute Gasteiger partial charge is 0.481 e. The van der Waals surface area contributed by atoms with Crippen LogP contribution in [0.25, 0.3) is 0 Å². The van der Waals surface area contributed by atoms with Gasteiger partial charge in [0.2, 0.25) is 5.91 Å². The van der Waals surface area contributed by atoms with Crippen molar-refractivity contribution >= 4 is 29.2 Å². The van der Waals surface area contributed by atoms with E-state index in [0.717, 1.165) is 16.8 Å². The van der Waals surface area contributed by atoms with Crippen LogP contribution >= 0.6 is 0 Å². The molecule has 0 saturated heterocycles. The van der Waals surface area contributed by atoms with E-state index < -0.39 is 5.97 Å². The molecule has 0 aliphatic heterocycles. The highest BCUT2D eigenvalue weighted by Crippen LogP contribution is 2.19. The molecular weight excluding hydrogens is 320 g/mol. The highest BCUT2D eigenvalue weighted by atomic mass is 16.4. The summed E-state index contributed by atoms with van der Waals surface area (Å²) in [5.41, 5.74) is 3.84. The molecule has 0 atom stereocenters. The molecule has 130 valence electrons. The van der Waals surface area contributed by atoms with Crippen molar-refractivity contribution in [3.63, 3.8) is 0 Å². The van der Waals surface area contributed by atoms with E-state index in [9.17, 15) is 14.4 Å². The number of hydrogen-bond donors (Lipinski definition) is 3. The van der Waals surface area contributed by atoms with Gasteiger partial charge in [-0.25, -0.2) is 0 Å². The van der Waals surface area contributed by atoms with Crippen molar-refractivity contribution in [1.82, 2.24) is 0 Å². The molecule has 0 aliphatic carbocycles. The summed E-state index contributed by atoms with van der Waals surface area (Å²) in [5.74, 6) is -1.64. The van der Waals surface area contributed by atoms with Gasteiger partial charge in [-0.15, -0.1) is 0 Å². The van der Waals surface area contributed by atoms with Crippen LogP contribution in [0.4, 0.5) is 11.4 Å². The quantitative estimate of drug-likeness (QED) is 0.751. The summed E-state index contributed by atoms with van der Waals surface area (Å²) >= 11 is 0. The molecule has 0 aromatic heterocycles. The molecule has 2 rings (SSSR count). The predicted molar refractivity (Wildman–Crippen MR) is 95.8 cm³/mol. The zero-order valence-corrected chi connectivity index (χ0v) is 14.1. The number of anilines is 2. The van der Waals surface area contributed by atoms with E-state index in [-0.39, 0.29) is 24.7 Å². The molecule has 0 radical (unpaired) electrons. The fourth-order valence-corrected chi connectivity index (χ4v) is 2.23. The monoisotopic (exact) mass is 340 g/mol. The molecule has 3 N–H and O–H groups in total. The van der Waals surface area contributed by atoms with Crippen molar-refractivity contribution in [2.45, 2.75) is 26.7 Å². The van der Waals surface area contributed by atoms with Crippen molar-refractivity contribution in [3.05, 3.63) is 59.2 Å². The molecule has 0 fully saturated rings. The second-order valence-electron chi connectivity index (χ2n) is 5.72. The van der Waals surface area contributed by atoms with E-state index in [1.54, 1.807) is 24.3 Å². The number of carbonyl (C=O) groups excluding carboxylic acids is 2. The number of carbonyl (C=O) groups is 3. The summed E-state index contributed by atoms with van der Waals surface area (Å²) < 4.78 is 0. The molecule has 2 aromatic carbocycles. The number of nitrogens with one attached hydrogen (secondary N) is 2. The number of benzene rings is 2. The Bertz CT molecular complexity index is 798. The van der Waals surface area contributed by atoms with Gasteiger partial charge in [0.15, 0.2) is 0 Å². The van der Waals surface area contributed by atoms with E-state index in [1.165, 1.54) is 0 Å². The average Bonchev–Trinajstić information content (AvgIpc) is 2.58. The van der Waals surface area contributed by atoms with Gasteiger partial charge >= 0.3 is 5.97 Å². The van der Waals surface area contributed by atoms with Gasteiger partial charge in [-0.3, -0.25) is 14.4 Å². The van der Waals surface area contributed by atoms with Crippen LogP contribution in [0.15, 0.2) is 42.5 Å². The topological polar surface area (TPSA) is 95.5 Å². The Morgan fingerprint density at radius 1 is 0.920 bits per heavy atom. The van der Waals surface area contributed by atoms with Gasteiger partial charge in [0.1, 0.15) is 0 Å². The number of aryl methyl sites for hydroxylation is 1. The molecule has 0 aliphatic rings. The molecule has 0 saturated carbocycles. The van der Waals surface area contributed by atoms with Gasteiger partial charge in [-0.05, 0) is 55.3 Å². The van der Waals surface area contributed by atoms with Crippen molar-refractivity contribution in [2.24, 2.45) is 0 Å². The molecule has 2 aromatic rings. The van der Waals surface area contributed by atoms with E-state index in [0.29, 0.717) is 11.3 Å². The van der Waals surface area contributed by atoms with E-state index in [4.69, 9.17) is 5.11 Å². The minimum Gasteiger partial charge on any atom is -0.481 e. The second kappa shape index (κ2) is 8.10. The van der Waals surface area contributed by atoms with Crippen LogP contribution in [-0.4, -0.2) is 22.9 Å². The maximum Gasteiger partial charge on any atom is 0.303 e. The Morgan fingerprint density at radius 2 is 1.60 bits per heavy atom. The van der Waals surface area contributed by atoms with Gasteiger partial charge in [0, 0.05) is 23.4 Å². The van der Waals surface area contributed by atoms with Crippen LogP contribution in [-0.2, 0) is 9.59 Å². The van der Waals surface area contributed by atoms with Crippen molar-refractivity contribution in [3.8, 4) is 0 Å². The second-order valence-corrected chi connectivity index (χ2v) is 5.72. The van der Waals surface area contributed by atoms with Gasteiger partial charge in [0.05, 0.1) is 6.42 Å². The van der Waals surface area contributed by atoms with E-state index in [1.807, 2.05) is 32.0 Å². The first kappa shape index (κ1) is 18.2. The highest BCUT2D eigenvalue weighted by molar-refractivity contribution is 6.05. The highest BCUT2D eigenvalue weighted by Gasteiger charge is 2.10. The number of amides is 2. The van der Waals surface area contributed by atoms with Crippen molar-refractivity contribution in [1.29, 1.82) is 0 Å². The fourth-order valence-electron chi connectivity index (χ4n) is 2.23. The van der Waals surface area contributed by atoms with Gasteiger partial charge in [-0.2, -0.15) is 0 Å². The molecular formula is C19H20N2O4. The zero-order chi connectivity index (χ0) is 18.4. The maximum absolute atomic E-state index is 12.3. The Labute approximate surface area is 145 Å². The first-order chi connectivity index (χ1) is 11.9. The average molecular weight is 340 g/mol. The lowest BCUT2D eigenvalue weighted by Crippen LogP contribution is -2.14. The van der Waals surface area contributed by atoms with Crippen molar-refractivity contribution in [2.75, 3.05) is 10.6 Å². The van der Waals surface area contributed by atoms with Gasteiger partial charge < -0.3 is 15.7 Å². The zero-order valence-electron chi connectivity index (χ0n) is 14.1. The molecule has 6 heteroatoms. The standard InChI is InChI=1S/C19H20N2O4/c1-12-4-3-5-16(13(12)2)21-19(25)14-6-8-15(9-7-14)20-17(22)10-11-18(23)24/h3-9H,10-11H2,1-2H3,(H,20,22)(H,21,25)(H,23,24). The molecule has 0 spiro atoms. The maximum atomic E-state index is 12.3. The molecule has 25 heavy (non-hydrogen) atoms. The first-order valence-corrected chi connectivity index (χ1v) is 7.86. The molecule has 6 nitrogen and oxygen atoms in total. The Kier molecular flexibility index (Phi) is 5.89. The Hall–Kier alpha value is -3.15. The SMILES string of the molecule is Cc1cccc(NC(=O)c2ccc(NC(=O)CCC(=O)O)cc2)c1C. The lowest BCUT2D eigenvalue weighted by Gasteiger charge is -2.11. The van der Waals surface area contributed by atoms with Crippen LogP contribution in [0, 0.1) is 13.8 Å². The summed E-state index contributed by atoms with van der Waals surface area (Å²) in [5, 5.41) is 14.0. The fraction of sp³-hybridized carbons (Fsp3) is 0.211. The molecule has 2 amide bonds. The smallest absolute Gasteiger partial charge is 0.303 e. The summed E-state index contributed by atoms with van der Waals surface area (Å²) in [6.07, 6.45) is -0.313. The van der Waals surface area contributed by atoms with Gasteiger partial charge in [0.25, 0.3) is 5.91 Å². The van der Waals surface area contributed by atoms with Crippen LogP contribution in [0.1, 0.15) is 34.3 Å². The van der Waals surface area contributed by atoms with Crippen LogP contribution < -0.4 is 10.6 Å². The normalized spacial score (nSPS) is 10.2. The van der Waals surface area contributed by atoms with Crippen LogP contribution in [0.2, 0.25) is 0 Å². The van der Waals surface area contributed by atoms with E-state index in [2.05, 4.69) is 10.6 Å². The molecule has 0 bridgehead atoms. The molecule has 0 unspecified atom stereocenters. The van der Waals surface area contributed by atoms with E-state index >= 15 is 0 Å². The minimum absolute atomic E-state index is 0.0930. The third-order valence-corrected chi connectivity index (χ3v) is 3.85. The number of carboxylic acid groups (broad SMARTS) is 1. The lowest BCUT2D eigenvalue weighted by atomic mass is 10.1. The predicted octanol–water partition coefficient (Wildman–Crippen LogP) is 3.36. The number of rotatable bonds is 6. The van der Waals surface area contributed by atoms with Crippen LogP contribution in [0.5, 0.6) is 0 Å². The minimum atomic E-state index is -1.02. The molecule has 0 heterocycles. The summed E-state index contributed by atoms with van der Waals surface area (Å²) in [6.45, 7) is 3.92. The van der Waals surface area contributed by atoms with Gasteiger partial charge in [-0.1, -0.05) is 12.1 Å². The number of aliphatic carboxylic acids is 1. The summed E-state index contributed by atoms with van der Waals surface area (Å²) in [7, 11) is 0. The Morgan fingerprint density at radius 3 is 2.24 bits per heavy atom. The lowest BCUT2D eigenvalue weighted by molar-refractivity contribution is -0.138. The number of carboxylic acids is 1. The summed E-state index contributed by atoms with van der Waals surface area (Å²) in [4.78, 5) is 34.4. The first-order valence-electron chi connectivity index (χ1n) is 7.86. The van der Waals surface area contributed by atoms with Crippen LogP contribution in [0.3, 0.4) is 0 Å². The number of hydrogen-bond acceptors (Lipinski definition) is 3. The third kappa shape index (κ3) is 5.17. The summed E-state index contributed by atoms with van der Waals surface area (Å²) in [6, 6.07) is 12.1. The third-order valence-electron chi connectivity index (χ3n) is 3.85.